The highest BCUT2D eigenvalue weighted by Gasteiger charge is 2.39. The molecule has 0 spiro atoms. The first-order chi connectivity index (χ1) is 18.0. The molecule has 1 aromatic rings. The zero-order chi connectivity index (χ0) is 27.9. The smallest absolute Gasteiger partial charge is 0.447 e. The minimum Gasteiger partial charge on any atom is -0.447 e. The van der Waals surface area contributed by atoms with Gasteiger partial charge in [0.2, 0.25) is 0 Å². The van der Waals surface area contributed by atoms with Gasteiger partial charge in [-0.05, 0) is 44.0 Å². The average molecular weight is 534 g/mol. The molecular weight excluding hydrogens is 501 g/mol. The predicted octanol–water partition coefficient (Wildman–Crippen LogP) is 0.975. The quantitative estimate of drug-likeness (QED) is 0.243. The normalized spacial score (nSPS) is 21.5. The Labute approximate surface area is 220 Å². The number of morpholine rings is 1. The molecule has 0 aliphatic carbocycles. The lowest BCUT2D eigenvalue weighted by molar-refractivity contribution is -0.128. The van der Waals surface area contributed by atoms with Crippen molar-refractivity contribution in [2.24, 2.45) is 0 Å². The summed E-state index contributed by atoms with van der Waals surface area (Å²) < 4.78 is 38.0. The Morgan fingerprint density at radius 2 is 1.97 bits per heavy atom. The Balaban J connectivity index is 1.62. The second kappa shape index (κ2) is 13.2. The van der Waals surface area contributed by atoms with Gasteiger partial charge in [0.1, 0.15) is 30.2 Å². The third-order valence-electron chi connectivity index (χ3n) is 6.74. The van der Waals surface area contributed by atoms with Gasteiger partial charge in [-0.15, -0.1) is 0 Å². The molecule has 13 heteroatoms. The number of hydrogen-bond donors (Lipinski definition) is 3. The van der Waals surface area contributed by atoms with Crippen LogP contribution in [0.15, 0.2) is 35.9 Å². The Hall–Kier alpha value is -3.05. The summed E-state index contributed by atoms with van der Waals surface area (Å²) in [5, 5.41) is 31.3. The fraction of sp³-hybridized carbons (Fsp3) is 0.560. The first-order valence-corrected chi connectivity index (χ1v) is 12.4. The molecule has 0 aromatic heterocycles. The summed E-state index contributed by atoms with van der Waals surface area (Å²) in [4.78, 5) is 28.9. The largest absolute Gasteiger partial charge is 0.475 e. The second-order valence-electron chi connectivity index (χ2n) is 9.96. The number of nitrogens with one attached hydrogen (secondary N) is 1. The third kappa shape index (κ3) is 7.98. The van der Waals surface area contributed by atoms with E-state index in [2.05, 4.69) is 10.2 Å². The molecule has 2 aliphatic heterocycles. The summed E-state index contributed by atoms with van der Waals surface area (Å²) in [6.07, 6.45) is -0.869. The average Bonchev–Trinajstić information content (AvgIpc) is 3.27. The lowest BCUT2D eigenvalue weighted by Crippen LogP contribution is -2.49. The van der Waals surface area contributed by atoms with Gasteiger partial charge in [0, 0.05) is 25.0 Å². The number of hydrogen-bond acceptors (Lipinski definition) is 8. The fourth-order valence-electron chi connectivity index (χ4n) is 4.62. The van der Waals surface area contributed by atoms with Crippen LogP contribution in [0.1, 0.15) is 25.8 Å². The number of halogens is 2. The van der Waals surface area contributed by atoms with E-state index >= 15 is 0 Å². The standard InChI is InChI=1S/C25H33BF2N4O6/c1-25(2,31-7-9-37-10-8-31)13-18(14-29)23(33)32-15-20(28)12-21(32)16-38-24(34)30-22(26(35)36)11-17-3-5-19(27)6-4-17/h3-6,13,20-22,35-36H,7-12,15-16H2,1-2H3,(H,30,34)/t20-,21+,22?/m0/s1. The molecule has 0 radical (unpaired) electrons. The summed E-state index contributed by atoms with van der Waals surface area (Å²) in [5.41, 5.74) is -0.197. The molecule has 0 bridgehead atoms. The summed E-state index contributed by atoms with van der Waals surface area (Å²) in [6, 6.07) is 6.43. The molecular formula is C25H33BF2N4O6. The van der Waals surface area contributed by atoms with Gasteiger partial charge in [-0.25, -0.2) is 13.6 Å². The minimum atomic E-state index is -1.93. The minimum absolute atomic E-state index is 0.0110. The van der Waals surface area contributed by atoms with Crippen molar-refractivity contribution in [1.29, 1.82) is 5.26 Å². The van der Waals surface area contributed by atoms with Crippen LogP contribution in [0, 0.1) is 17.1 Å². The van der Waals surface area contributed by atoms with E-state index in [1.54, 1.807) is 6.08 Å². The van der Waals surface area contributed by atoms with Crippen molar-refractivity contribution in [3.63, 3.8) is 0 Å². The molecule has 3 rings (SSSR count). The van der Waals surface area contributed by atoms with Crippen LogP contribution in [-0.2, 0) is 20.7 Å². The van der Waals surface area contributed by atoms with Gasteiger partial charge in [-0.1, -0.05) is 12.1 Å². The van der Waals surface area contributed by atoms with Crippen molar-refractivity contribution in [2.45, 2.75) is 50.4 Å². The first-order valence-electron chi connectivity index (χ1n) is 12.4. The Kier molecular flexibility index (Phi) is 10.2. The molecule has 10 nitrogen and oxygen atoms in total. The number of carbonyl (C=O) groups excluding carboxylic acids is 2. The molecule has 2 saturated heterocycles. The Morgan fingerprint density at radius 1 is 1.32 bits per heavy atom. The topological polar surface area (TPSA) is 135 Å². The van der Waals surface area contributed by atoms with Crippen molar-refractivity contribution in [1.82, 2.24) is 15.1 Å². The lowest BCUT2D eigenvalue weighted by Gasteiger charge is -2.39. The van der Waals surface area contributed by atoms with E-state index in [0.29, 0.717) is 31.9 Å². The highest BCUT2D eigenvalue weighted by Crippen LogP contribution is 2.25. The first kappa shape index (κ1) is 29.5. The van der Waals surface area contributed by atoms with E-state index < -0.39 is 48.6 Å². The number of likely N-dealkylation sites (tertiary alicyclic amines) is 1. The van der Waals surface area contributed by atoms with Crippen molar-refractivity contribution in [2.75, 3.05) is 39.5 Å². The van der Waals surface area contributed by atoms with Crippen LogP contribution < -0.4 is 5.32 Å². The van der Waals surface area contributed by atoms with E-state index in [9.17, 15) is 33.7 Å². The number of ether oxygens (including phenoxy) is 2. The van der Waals surface area contributed by atoms with Gasteiger partial charge in [-0.3, -0.25) is 9.69 Å². The zero-order valence-electron chi connectivity index (χ0n) is 21.5. The molecule has 3 N–H and O–H groups in total. The predicted molar refractivity (Wildman–Crippen MR) is 134 cm³/mol. The molecule has 206 valence electrons. The number of benzene rings is 1. The van der Waals surface area contributed by atoms with Gasteiger partial charge < -0.3 is 29.7 Å². The monoisotopic (exact) mass is 534 g/mol. The van der Waals surface area contributed by atoms with E-state index in [4.69, 9.17) is 9.47 Å². The highest BCUT2D eigenvalue weighted by atomic mass is 19.1. The van der Waals surface area contributed by atoms with Crippen LogP contribution in [0.4, 0.5) is 13.6 Å². The Bertz CT molecular complexity index is 1040. The summed E-state index contributed by atoms with van der Waals surface area (Å²) in [6.45, 7) is 5.54. The van der Waals surface area contributed by atoms with Gasteiger partial charge in [0.05, 0.1) is 31.7 Å². The Morgan fingerprint density at radius 3 is 2.58 bits per heavy atom. The maximum Gasteiger partial charge on any atom is 0.475 e. The van der Waals surface area contributed by atoms with Crippen molar-refractivity contribution < 1.29 is 37.9 Å². The number of alkyl halides is 1. The van der Waals surface area contributed by atoms with Crippen molar-refractivity contribution >= 4 is 19.1 Å². The van der Waals surface area contributed by atoms with Crippen LogP contribution >= 0.6 is 0 Å². The number of nitriles is 1. The number of rotatable bonds is 9. The molecule has 38 heavy (non-hydrogen) atoms. The molecule has 3 atom stereocenters. The SMILES string of the molecule is CC(C)(C=C(C#N)C(=O)N1C[C@@H](F)C[C@@H]1COC(=O)NC(Cc1ccc(F)cc1)B(O)O)N1CCOCC1. The molecule has 2 amide bonds. The van der Waals surface area contributed by atoms with E-state index in [1.165, 1.54) is 29.2 Å². The van der Waals surface area contributed by atoms with E-state index in [-0.39, 0.29) is 31.6 Å². The maximum atomic E-state index is 14.3. The van der Waals surface area contributed by atoms with Gasteiger partial charge in [0.15, 0.2) is 0 Å². The van der Waals surface area contributed by atoms with Crippen molar-refractivity contribution in [3.05, 3.63) is 47.3 Å². The third-order valence-corrected chi connectivity index (χ3v) is 6.74. The maximum absolute atomic E-state index is 14.3. The number of nitrogens with zero attached hydrogens (tertiary/aromatic N) is 3. The van der Waals surface area contributed by atoms with Crippen LogP contribution in [0.5, 0.6) is 0 Å². The molecule has 2 fully saturated rings. The van der Waals surface area contributed by atoms with E-state index in [0.717, 1.165) is 0 Å². The zero-order valence-corrected chi connectivity index (χ0v) is 21.5. The second-order valence-corrected chi connectivity index (χ2v) is 9.96. The lowest BCUT2D eigenvalue weighted by atomic mass is 9.76. The summed E-state index contributed by atoms with van der Waals surface area (Å²) >= 11 is 0. The van der Waals surface area contributed by atoms with Crippen LogP contribution in [0.25, 0.3) is 0 Å². The van der Waals surface area contributed by atoms with Crippen molar-refractivity contribution in [3.8, 4) is 6.07 Å². The molecule has 2 heterocycles. The fourth-order valence-corrected chi connectivity index (χ4v) is 4.62. The summed E-state index contributed by atoms with van der Waals surface area (Å²) in [7, 11) is -1.93. The van der Waals surface area contributed by atoms with Gasteiger partial charge >= 0.3 is 13.2 Å². The van der Waals surface area contributed by atoms with Crippen LogP contribution in [0.2, 0.25) is 0 Å². The number of amides is 2. The number of carbonyl (C=O) groups is 2. The van der Waals surface area contributed by atoms with Crippen LogP contribution in [-0.4, -0.2) is 102 Å². The van der Waals surface area contributed by atoms with Crippen LogP contribution in [0.3, 0.4) is 0 Å². The molecule has 1 aromatic carbocycles. The van der Waals surface area contributed by atoms with Gasteiger partial charge in [-0.2, -0.15) is 5.26 Å². The highest BCUT2D eigenvalue weighted by molar-refractivity contribution is 6.43. The summed E-state index contributed by atoms with van der Waals surface area (Å²) in [5.74, 6) is -2.26. The molecule has 1 unspecified atom stereocenters. The van der Waals surface area contributed by atoms with Gasteiger partial charge in [0.25, 0.3) is 5.91 Å². The molecule has 0 saturated carbocycles. The molecule has 2 aliphatic rings. The van der Waals surface area contributed by atoms with E-state index in [1.807, 2.05) is 19.9 Å². The number of alkyl carbamates (subject to hydrolysis) is 1.